The van der Waals surface area contributed by atoms with Crippen molar-refractivity contribution in [2.45, 2.75) is 70.4 Å². The molecule has 1 heterocycles. The van der Waals surface area contributed by atoms with Crippen LogP contribution in [0.5, 0.6) is 0 Å². The maximum absolute atomic E-state index is 11.8. The highest BCUT2D eigenvalue weighted by Crippen LogP contribution is 2.11. The Bertz CT molecular complexity index is 457. The van der Waals surface area contributed by atoms with Gasteiger partial charge in [-0.05, 0) is 39.2 Å². The van der Waals surface area contributed by atoms with Crippen molar-refractivity contribution in [2.75, 3.05) is 0 Å². The number of Topliss-reactive ketones (excluding diaryl/α,β-unsaturated/α-hetero) is 1. The van der Waals surface area contributed by atoms with E-state index in [1.165, 1.54) is 6.08 Å². The Morgan fingerprint density at radius 3 is 2.35 bits per heavy atom. The summed E-state index contributed by atoms with van der Waals surface area (Å²) in [5, 5.41) is 19.5. The third-order valence-electron chi connectivity index (χ3n) is 3.50. The smallest absolute Gasteiger partial charge is 0.330 e. The number of ketones is 1. The highest BCUT2D eigenvalue weighted by molar-refractivity contribution is 5.87. The zero-order chi connectivity index (χ0) is 17.4. The molecule has 0 amide bonds. The molecule has 1 aliphatic rings. The van der Waals surface area contributed by atoms with Gasteiger partial charge in [0.15, 0.2) is 5.78 Å². The fourth-order valence-electron chi connectivity index (χ4n) is 2.10. The molecule has 0 bridgehead atoms. The maximum Gasteiger partial charge on any atom is 0.330 e. The first-order valence-electron chi connectivity index (χ1n) is 7.75. The maximum atomic E-state index is 11.8. The van der Waals surface area contributed by atoms with Gasteiger partial charge >= 0.3 is 11.9 Å². The van der Waals surface area contributed by atoms with Crippen LogP contribution in [0.1, 0.15) is 46.0 Å². The van der Waals surface area contributed by atoms with Gasteiger partial charge in [0.05, 0.1) is 24.7 Å². The van der Waals surface area contributed by atoms with Crippen molar-refractivity contribution in [3.05, 3.63) is 12.2 Å². The van der Waals surface area contributed by atoms with Crippen LogP contribution in [-0.4, -0.2) is 52.4 Å². The van der Waals surface area contributed by atoms with Gasteiger partial charge in [-0.1, -0.05) is 0 Å². The molecule has 0 saturated heterocycles. The van der Waals surface area contributed by atoms with E-state index in [9.17, 15) is 24.6 Å². The molecule has 1 unspecified atom stereocenters. The van der Waals surface area contributed by atoms with E-state index < -0.39 is 48.6 Å². The van der Waals surface area contributed by atoms with Crippen molar-refractivity contribution in [3.63, 3.8) is 0 Å². The number of carbonyl (C=O) groups excluding carboxylic acids is 3. The van der Waals surface area contributed by atoms with Crippen LogP contribution in [0.2, 0.25) is 0 Å². The standard InChI is InChI=1S/C16H24O7/c1-10-3-5-12(17)6-8-15(20)22-11(2)4-7-13(18)14(19)9-16(21)23-10/h6,8,10-12,14,17,19H,3-5,7,9H2,1-2H3/b8-6+/t10-,11-,12-,14?/m1/s1. The fraction of sp³-hybridized carbons (Fsp3) is 0.688. The number of hydrogen-bond acceptors (Lipinski definition) is 7. The Labute approximate surface area is 135 Å². The average molecular weight is 328 g/mol. The molecule has 4 atom stereocenters. The second-order valence-electron chi connectivity index (χ2n) is 5.78. The number of hydrogen-bond donors (Lipinski definition) is 2. The third-order valence-corrected chi connectivity index (χ3v) is 3.50. The highest BCUT2D eigenvalue weighted by Gasteiger charge is 2.22. The van der Waals surface area contributed by atoms with Gasteiger partial charge in [-0.3, -0.25) is 9.59 Å². The van der Waals surface area contributed by atoms with Crippen LogP contribution in [-0.2, 0) is 23.9 Å². The SMILES string of the molecule is C[C@@H]1CCC(=O)C(O)CC(=O)O[C@H](C)CC[C@@H](O)/C=C/C(=O)O1. The second kappa shape index (κ2) is 9.42. The van der Waals surface area contributed by atoms with Crippen molar-refractivity contribution < 1.29 is 34.1 Å². The average Bonchev–Trinajstić information content (AvgIpc) is 2.47. The Morgan fingerprint density at radius 2 is 1.65 bits per heavy atom. The Balaban J connectivity index is 2.74. The van der Waals surface area contributed by atoms with Gasteiger partial charge in [-0.2, -0.15) is 0 Å². The molecule has 23 heavy (non-hydrogen) atoms. The van der Waals surface area contributed by atoms with Gasteiger partial charge in [0.25, 0.3) is 0 Å². The zero-order valence-corrected chi connectivity index (χ0v) is 13.4. The number of ether oxygens (including phenoxy) is 2. The molecular formula is C16H24O7. The summed E-state index contributed by atoms with van der Waals surface area (Å²) >= 11 is 0. The summed E-state index contributed by atoms with van der Waals surface area (Å²) < 4.78 is 10.1. The lowest BCUT2D eigenvalue weighted by atomic mass is 10.1. The van der Waals surface area contributed by atoms with Crippen molar-refractivity contribution in [1.82, 2.24) is 0 Å². The highest BCUT2D eigenvalue weighted by atomic mass is 16.5. The minimum absolute atomic E-state index is 0.00914. The monoisotopic (exact) mass is 328 g/mol. The fourth-order valence-corrected chi connectivity index (χ4v) is 2.10. The largest absolute Gasteiger partial charge is 0.463 e. The molecule has 0 spiro atoms. The van der Waals surface area contributed by atoms with Crippen molar-refractivity contribution in [2.24, 2.45) is 0 Å². The van der Waals surface area contributed by atoms with E-state index in [0.29, 0.717) is 12.8 Å². The number of esters is 2. The van der Waals surface area contributed by atoms with Crippen LogP contribution in [0.3, 0.4) is 0 Å². The molecule has 0 aromatic carbocycles. The van der Waals surface area contributed by atoms with Crippen LogP contribution in [0.4, 0.5) is 0 Å². The molecule has 1 rings (SSSR count). The van der Waals surface area contributed by atoms with E-state index in [2.05, 4.69) is 0 Å². The lowest BCUT2D eigenvalue weighted by Crippen LogP contribution is -2.28. The third kappa shape index (κ3) is 7.90. The molecule has 0 aromatic rings. The van der Waals surface area contributed by atoms with Crippen molar-refractivity contribution in [1.29, 1.82) is 0 Å². The first kappa shape index (κ1) is 19.3. The summed E-state index contributed by atoms with van der Waals surface area (Å²) in [4.78, 5) is 35.0. The summed E-state index contributed by atoms with van der Waals surface area (Å²) in [5.41, 5.74) is 0. The van der Waals surface area contributed by atoms with E-state index >= 15 is 0 Å². The zero-order valence-electron chi connectivity index (χ0n) is 13.4. The van der Waals surface area contributed by atoms with Crippen LogP contribution in [0.25, 0.3) is 0 Å². The van der Waals surface area contributed by atoms with Gasteiger partial charge in [-0.15, -0.1) is 0 Å². The van der Waals surface area contributed by atoms with Crippen LogP contribution in [0.15, 0.2) is 12.2 Å². The summed E-state index contributed by atoms with van der Waals surface area (Å²) in [6.45, 7) is 3.28. The molecule has 1 aliphatic heterocycles. The molecule has 0 fully saturated rings. The first-order chi connectivity index (χ1) is 10.8. The molecule has 0 saturated carbocycles. The number of carbonyl (C=O) groups is 3. The predicted octanol–water partition coefficient (Wildman–Crippen LogP) is 0.661. The van der Waals surface area contributed by atoms with Crippen LogP contribution < -0.4 is 0 Å². The Morgan fingerprint density at radius 1 is 1.00 bits per heavy atom. The van der Waals surface area contributed by atoms with E-state index in [-0.39, 0.29) is 12.8 Å². The summed E-state index contributed by atoms with van der Waals surface area (Å²) in [5.74, 6) is -1.75. The first-order valence-corrected chi connectivity index (χ1v) is 7.75. The number of aliphatic hydroxyl groups excluding tert-OH is 2. The summed E-state index contributed by atoms with van der Waals surface area (Å²) in [6.07, 6.45) is -0.274. The van der Waals surface area contributed by atoms with E-state index in [0.717, 1.165) is 6.08 Å². The van der Waals surface area contributed by atoms with Gasteiger partial charge in [0.1, 0.15) is 6.10 Å². The molecule has 7 heteroatoms. The van der Waals surface area contributed by atoms with Crippen molar-refractivity contribution in [3.8, 4) is 0 Å². The molecule has 130 valence electrons. The van der Waals surface area contributed by atoms with E-state index in [1.807, 2.05) is 0 Å². The van der Waals surface area contributed by atoms with Gasteiger partial charge in [-0.25, -0.2) is 4.79 Å². The van der Waals surface area contributed by atoms with E-state index in [4.69, 9.17) is 9.47 Å². The number of aliphatic hydroxyl groups is 2. The van der Waals surface area contributed by atoms with Gasteiger partial charge in [0.2, 0.25) is 0 Å². The molecule has 0 aliphatic carbocycles. The minimum Gasteiger partial charge on any atom is -0.463 e. The number of rotatable bonds is 0. The Kier molecular flexibility index (Phi) is 7.91. The predicted molar refractivity (Wildman–Crippen MR) is 80.4 cm³/mol. The number of cyclic esters (lactones) is 2. The summed E-state index contributed by atoms with van der Waals surface area (Å²) in [7, 11) is 0. The van der Waals surface area contributed by atoms with Crippen LogP contribution >= 0.6 is 0 Å². The molecule has 0 aromatic heterocycles. The topological polar surface area (TPSA) is 110 Å². The normalized spacial score (nSPS) is 33.7. The Hall–Kier alpha value is -1.73. The van der Waals surface area contributed by atoms with Crippen molar-refractivity contribution >= 4 is 17.7 Å². The molecule has 0 radical (unpaired) electrons. The summed E-state index contributed by atoms with van der Waals surface area (Å²) in [6, 6.07) is 0. The lowest BCUT2D eigenvalue weighted by molar-refractivity contribution is -0.153. The van der Waals surface area contributed by atoms with Crippen LogP contribution in [0, 0.1) is 0 Å². The van der Waals surface area contributed by atoms with Gasteiger partial charge in [0, 0.05) is 12.5 Å². The lowest BCUT2D eigenvalue weighted by Gasteiger charge is -2.17. The molecular weight excluding hydrogens is 304 g/mol. The molecule has 7 nitrogen and oxygen atoms in total. The minimum atomic E-state index is -1.42. The molecule has 2 N–H and O–H groups in total. The van der Waals surface area contributed by atoms with E-state index in [1.54, 1.807) is 13.8 Å². The second-order valence-corrected chi connectivity index (χ2v) is 5.78. The quantitative estimate of drug-likeness (QED) is 0.629. The van der Waals surface area contributed by atoms with Gasteiger partial charge < -0.3 is 19.7 Å².